The van der Waals surface area contributed by atoms with Crippen LogP contribution in [0.2, 0.25) is 0 Å². The van der Waals surface area contributed by atoms with E-state index in [1.165, 1.54) is 9.80 Å². The van der Waals surface area contributed by atoms with Gasteiger partial charge in [0.2, 0.25) is 11.8 Å². The highest BCUT2D eigenvalue weighted by atomic mass is 16.3. The lowest BCUT2D eigenvalue weighted by Gasteiger charge is -2.34. The number of nitrogens with zero attached hydrogens (tertiary/aromatic N) is 6. The number of hydrogen-bond donors (Lipinski definition) is 2. The normalized spacial score (nSPS) is 20.8. The molecule has 194 valence electrons. The monoisotopic (exact) mass is 497 g/mol. The number of carbonyl (C=O) groups excluding carboxylic acids is 3. The number of likely N-dealkylation sites (tertiary alicyclic amines) is 1. The third-order valence-corrected chi connectivity index (χ3v) is 6.62. The second-order valence-electron chi connectivity index (χ2n) is 11.0. The van der Waals surface area contributed by atoms with Crippen LogP contribution < -0.4 is 5.32 Å². The van der Waals surface area contributed by atoms with Crippen LogP contribution >= 0.6 is 0 Å². The molecule has 3 heterocycles. The molecule has 0 radical (unpaired) electrons. The lowest BCUT2D eigenvalue weighted by Crippen LogP contribution is -2.50. The topological polar surface area (TPSA) is 134 Å². The van der Waals surface area contributed by atoms with E-state index in [0.29, 0.717) is 11.6 Å². The van der Waals surface area contributed by atoms with Crippen molar-refractivity contribution in [1.29, 1.82) is 0 Å². The average Bonchev–Trinajstić information content (AvgIpc) is 3.43. The van der Waals surface area contributed by atoms with Crippen LogP contribution in [-0.4, -0.2) is 85.4 Å². The summed E-state index contributed by atoms with van der Waals surface area (Å²) in [5.41, 5.74) is 1.44. The van der Waals surface area contributed by atoms with Crippen LogP contribution in [0.15, 0.2) is 24.5 Å². The zero-order valence-electron chi connectivity index (χ0n) is 21.5. The highest BCUT2D eigenvalue weighted by Gasteiger charge is 2.45. The van der Waals surface area contributed by atoms with E-state index in [1.807, 2.05) is 27.0 Å². The molecule has 11 nitrogen and oxygen atoms in total. The molecule has 0 aromatic carbocycles. The van der Waals surface area contributed by atoms with Gasteiger partial charge < -0.3 is 20.2 Å². The molecule has 2 aliphatic rings. The van der Waals surface area contributed by atoms with Gasteiger partial charge in [-0.2, -0.15) is 0 Å². The Bertz CT molecular complexity index is 1120. The summed E-state index contributed by atoms with van der Waals surface area (Å²) in [6, 6.07) is 1.88. The molecule has 0 bridgehead atoms. The van der Waals surface area contributed by atoms with Crippen LogP contribution in [0, 0.1) is 5.41 Å². The molecule has 1 aliphatic heterocycles. The molecule has 0 unspecified atom stereocenters. The van der Waals surface area contributed by atoms with Crippen LogP contribution in [0.4, 0.5) is 0 Å². The quantitative estimate of drug-likeness (QED) is 0.585. The Labute approximate surface area is 210 Å². The van der Waals surface area contributed by atoms with E-state index >= 15 is 0 Å². The van der Waals surface area contributed by atoms with Crippen molar-refractivity contribution in [2.75, 3.05) is 20.6 Å². The van der Waals surface area contributed by atoms with Crippen molar-refractivity contribution in [1.82, 2.24) is 35.1 Å². The van der Waals surface area contributed by atoms with Gasteiger partial charge in [0.15, 0.2) is 0 Å². The minimum absolute atomic E-state index is 0.0799. The molecule has 1 saturated heterocycles. The largest absolute Gasteiger partial charge is 0.391 e. The Morgan fingerprint density at radius 3 is 2.53 bits per heavy atom. The molecule has 4 rings (SSSR count). The fourth-order valence-electron chi connectivity index (χ4n) is 4.52. The number of amides is 3. The maximum atomic E-state index is 13.8. The smallest absolute Gasteiger partial charge is 0.271 e. The number of hydrogen-bond acceptors (Lipinski definition) is 7. The van der Waals surface area contributed by atoms with Crippen molar-refractivity contribution >= 4 is 17.7 Å². The van der Waals surface area contributed by atoms with Gasteiger partial charge in [-0.3, -0.25) is 19.4 Å². The van der Waals surface area contributed by atoms with E-state index < -0.39 is 23.6 Å². The van der Waals surface area contributed by atoms with Crippen LogP contribution in [-0.2, 0) is 16.1 Å². The number of aromatic nitrogens is 4. The predicted octanol–water partition coefficient (Wildman–Crippen LogP) is 1.12. The molecule has 2 N–H and O–H groups in total. The van der Waals surface area contributed by atoms with Gasteiger partial charge in [-0.05, 0) is 29.9 Å². The Balaban J connectivity index is 1.46. The van der Waals surface area contributed by atoms with E-state index in [0.717, 1.165) is 24.1 Å². The minimum atomic E-state index is -0.800. The van der Waals surface area contributed by atoms with E-state index in [1.54, 1.807) is 37.1 Å². The summed E-state index contributed by atoms with van der Waals surface area (Å²) in [5, 5.41) is 21.7. The van der Waals surface area contributed by atoms with Crippen molar-refractivity contribution in [2.45, 2.75) is 70.7 Å². The zero-order valence-corrected chi connectivity index (χ0v) is 21.5. The number of β-amino-alcohol motifs (C(OH)–C–C–N with tert-alkyl or cyclic N) is 1. The van der Waals surface area contributed by atoms with E-state index in [9.17, 15) is 19.5 Å². The number of nitrogens with one attached hydrogen (secondary N) is 1. The summed E-state index contributed by atoms with van der Waals surface area (Å²) in [4.78, 5) is 46.0. The second-order valence-corrected chi connectivity index (χ2v) is 11.0. The molecule has 3 atom stereocenters. The van der Waals surface area contributed by atoms with Gasteiger partial charge in [-0.15, -0.1) is 5.10 Å². The molecular weight excluding hydrogens is 462 g/mol. The van der Waals surface area contributed by atoms with Crippen LogP contribution in [0.3, 0.4) is 0 Å². The number of pyridine rings is 1. The first-order valence-corrected chi connectivity index (χ1v) is 12.3. The summed E-state index contributed by atoms with van der Waals surface area (Å²) in [6.45, 7) is 6.12. The van der Waals surface area contributed by atoms with Crippen molar-refractivity contribution in [3.05, 3.63) is 41.5 Å². The molecule has 2 fully saturated rings. The summed E-state index contributed by atoms with van der Waals surface area (Å²) in [7, 11) is 3.31. The van der Waals surface area contributed by atoms with Crippen LogP contribution in [0.5, 0.6) is 0 Å². The van der Waals surface area contributed by atoms with Gasteiger partial charge in [0.25, 0.3) is 5.91 Å². The predicted molar refractivity (Wildman–Crippen MR) is 131 cm³/mol. The fourth-order valence-corrected chi connectivity index (χ4v) is 4.52. The Morgan fingerprint density at radius 2 is 1.94 bits per heavy atom. The summed E-state index contributed by atoms with van der Waals surface area (Å²) < 4.78 is 1.61. The maximum Gasteiger partial charge on any atom is 0.271 e. The van der Waals surface area contributed by atoms with Crippen molar-refractivity contribution in [3.8, 4) is 0 Å². The Hall–Kier alpha value is -3.34. The molecule has 2 aromatic rings. The Kier molecular flexibility index (Phi) is 7.12. The summed E-state index contributed by atoms with van der Waals surface area (Å²) >= 11 is 0. The molecule has 36 heavy (non-hydrogen) atoms. The number of aliphatic hydroxyl groups is 1. The van der Waals surface area contributed by atoms with Gasteiger partial charge in [-0.1, -0.05) is 32.1 Å². The lowest BCUT2D eigenvalue weighted by atomic mass is 9.85. The van der Waals surface area contributed by atoms with Gasteiger partial charge in [-0.25, -0.2) is 4.68 Å². The van der Waals surface area contributed by atoms with Crippen molar-refractivity contribution in [3.63, 3.8) is 0 Å². The van der Waals surface area contributed by atoms with E-state index in [-0.39, 0.29) is 37.2 Å². The molecule has 1 aliphatic carbocycles. The van der Waals surface area contributed by atoms with Gasteiger partial charge in [0.1, 0.15) is 17.8 Å². The van der Waals surface area contributed by atoms with Crippen LogP contribution in [0.1, 0.15) is 73.7 Å². The lowest BCUT2D eigenvalue weighted by molar-refractivity contribution is -0.144. The van der Waals surface area contributed by atoms with Gasteiger partial charge in [0.05, 0.1) is 11.8 Å². The minimum Gasteiger partial charge on any atom is -0.391 e. The van der Waals surface area contributed by atoms with E-state index in [2.05, 4.69) is 20.6 Å². The average molecular weight is 498 g/mol. The number of carbonyl (C=O) groups is 3. The zero-order chi connectivity index (χ0) is 26.2. The first-order chi connectivity index (χ1) is 17.0. The summed E-state index contributed by atoms with van der Waals surface area (Å²) in [6.07, 6.45) is 4.91. The molecular formula is C25H35N7O4. The van der Waals surface area contributed by atoms with E-state index in [4.69, 9.17) is 0 Å². The van der Waals surface area contributed by atoms with Gasteiger partial charge >= 0.3 is 0 Å². The highest BCUT2D eigenvalue weighted by molar-refractivity contribution is 5.92. The first kappa shape index (κ1) is 25.7. The molecule has 1 saturated carbocycles. The highest BCUT2D eigenvalue weighted by Crippen LogP contribution is 2.40. The molecule has 0 spiro atoms. The fraction of sp³-hybridized carbons (Fsp3) is 0.600. The van der Waals surface area contributed by atoms with Gasteiger partial charge in [0, 0.05) is 51.9 Å². The Morgan fingerprint density at radius 1 is 1.22 bits per heavy atom. The number of rotatable bonds is 7. The molecule has 2 aromatic heterocycles. The van der Waals surface area contributed by atoms with Crippen molar-refractivity contribution < 1.29 is 19.5 Å². The number of aliphatic hydroxyl groups excluding tert-OH is 1. The molecule has 3 amide bonds. The SMILES string of the molecule is CN(C)C(=O)c1ccc(CNC(=O)[C@@H]2C[C@@H](O)CN2C(=O)[C@@H](n2cc(C3CC3)nn2)C(C)(C)C)cn1. The van der Waals surface area contributed by atoms with Crippen LogP contribution in [0.25, 0.3) is 0 Å². The third-order valence-electron chi connectivity index (χ3n) is 6.62. The third kappa shape index (κ3) is 5.56. The standard InChI is InChI=1S/C25H35N7O4/c1-25(2,3)21(32-14-19(28-29-32)16-7-8-16)24(36)31-13-17(33)10-20(31)22(34)27-12-15-6-9-18(26-11-15)23(35)30(4)5/h6,9,11,14,16-17,20-21,33H,7-8,10,12-13H2,1-5H3,(H,27,34)/t17-,20+,21-/m1/s1. The summed E-state index contributed by atoms with van der Waals surface area (Å²) in [5.74, 6) is -0.409. The molecule has 11 heteroatoms. The second kappa shape index (κ2) is 9.96. The maximum absolute atomic E-state index is 13.8. The van der Waals surface area contributed by atoms with Crippen molar-refractivity contribution in [2.24, 2.45) is 5.41 Å². The first-order valence-electron chi connectivity index (χ1n) is 12.3.